The summed E-state index contributed by atoms with van der Waals surface area (Å²) in [5, 5.41) is 9.26. The predicted molar refractivity (Wildman–Crippen MR) is 86.1 cm³/mol. The van der Waals surface area contributed by atoms with Gasteiger partial charge in [0.25, 0.3) is 0 Å². The molecule has 0 atom stereocenters. The third-order valence-electron chi connectivity index (χ3n) is 3.42. The molecule has 2 nitrogen and oxygen atoms in total. The van der Waals surface area contributed by atoms with E-state index in [1.54, 1.807) is 12.1 Å². The Morgan fingerprint density at radius 1 is 1.14 bits per heavy atom. The van der Waals surface area contributed by atoms with Crippen molar-refractivity contribution in [1.82, 2.24) is 0 Å². The standard InChI is InChI=1S/C18H18ClNO/c1-12(2)15-6-4-13(3)18(9-15)21-17-7-5-14(10-19)8-16(17)11-20/h4-9,12H,10H2,1-3H3. The van der Waals surface area contributed by atoms with Crippen LogP contribution in [0.1, 0.15) is 42.0 Å². The van der Waals surface area contributed by atoms with Gasteiger partial charge in [-0.3, -0.25) is 0 Å². The van der Waals surface area contributed by atoms with E-state index in [0.29, 0.717) is 23.1 Å². The maximum Gasteiger partial charge on any atom is 0.145 e. The van der Waals surface area contributed by atoms with Crippen LogP contribution in [0.5, 0.6) is 11.5 Å². The molecule has 0 saturated carbocycles. The van der Waals surface area contributed by atoms with Crippen molar-refractivity contribution < 1.29 is 4.74 Å². The topological polar surface area (TPSA) is 33.0 Å². The highest BCUT2D eigenvalue weighted by molar-refractivity contribution is 6.17. The summed E-state index contributed by atoms with van der Waals surface area (Å²) in [6.07, 6.45) is 0. The Morgan fingerprint density at radius 2 is 1.90 bits per heavy atom. The van der Waals surface area contributed by atoms with Gasteiger partial charge in [-0.1, -0.05) is 32.0 Å². The highest BCUT2D eigenvalue weighted by Gasteiger charge is 2.09. The van der Waals surface area contributed by atoms with Crippen molar-refractivity contribution in [1.29, 1.82) is 5.26 Å². The first-order valence-corrected chi connectivity index (χ1v) is 7.46. The number of rotatable bonds is 4. The van der Waals surface area contributed by atoms with Gasteiger partial charge in [-0.15, -0.1) is 11.6 Å². The molecule has 0 spiro atoms. The molecule has 0 aliphatic carbocycles. The van der Waals surface area contributed by atoms with Gasteiger partial charge in [0.1, 0.15) is 17.6 Å². The molecule has 0 unspecified atom stereocenters. The van der Waals surface area contributed by atoms with Gasteiger partial charge in [0, 0.05) is 5.88 Å². The molecular formula is C18H18ClNO. The Kier molecular flexibility index (Phi) is 4.88. The number of alkyl halides is 1. The SMILES string of the molecule is Cc1ccc(C(C)C)cc1Oc1ccc(CCl)cc1C#N. The van der Waals surface area contributed by atoms with Crippen LogP contribution in [0.15, 0.2) is 36.4 Å². The molecule has 0 amide bonds. The number of ether oxygens (including phenoxy) is 1. The fourth-order valence-corrected chi connectivity index (χ4v) is 2.21. The number of aryl methyl sites for hydroxylation is 1. The van der Waals surface area contributed by atoms with E-state index >= 15 is 0 Å². The van der Waals surface area contributed by atoms with Crippen molar-refractivity contribution in [2.24, 2.45) is 0 Å². The number of hydrogen-bond acceptors (Lipinski definition) is 2. The zero-order valence-corrected chi connectivity index (χ0v) is 13.2. The molecule has 21 heavy (non-hydrogen) atoms. The van der Waals surface area contributed by atoms with Gasteiger partial charge >= 0.3 is 0 Å². The molecule has 2 aromatic carbocycles. The van der Waals surface area contributed by atoms with E-state index in [-0.39, 0.29) is 0 Å². The van der Waals surface area contributed by atoms with Crippen molar-refractivity contribution >= 4 is 11.6 Å². The van der Waals surface area contributed by atoms with Gasteiger partial charge in [-0.25, -0.2) is 0 Å². The minimum Gasteiger partial charge on any atom is -0.456 e. The van der Waals surface area contributed by atoms with Crippen LogP contribution < -0.4 is 4.74 Å². The van der Waals surface area contributed by atoms with Crippen molar-refractivity contribution in [2.45, 2.75) is 32.6 Å². The van der Waals surface area contributed by atoms with E-state index in [4.69, 9.17) is 16.3 Å². The minimum absolute atomic E-state index is 0.386. The van der Waals surface area contributed by atoms with Crippen LogP contribution in [0.25, 0.3) is 0 Å². The molecule has 0 saturated heterocycles. The monoisotopic (exact) mass is 299 g/mol. The van der Waals surface area contributed by atoms with Crippen LogP contribution in [-0.2, 0) is 5.88 Å². The molecule has 0 aromatic heterocycles. The molecule has 2 rings (SSSR count). The van der Waals surface area contributed by atoms with Crippen LogP contribution >= 0.6 is 11.6 Å². The third kappa shape index (κ3) is 3.56. The molecule has 0 fully saturated rings. The molecule has 0 aliphatic rings. The van der Waals surface area contributed by atoms with Crippen LogP contribution in [0.3, 0.4) is 0 Å². The Bertz CT molecular complexity index is 686. The Hall–Kier alpha value is -1.98. The Balaban J connectivity index is 2.38. The van der Waals surface area contributed by atoms with Gasteiger partial charge in [-0.2, -0.15) is 5.26 Å². The number of benzene rings is 2. The molecule has 108 valence electrons. The lowest BCUT2D eigenvalue weighted by Gasteiger charge is -2.13. The molecule has 0 heterocycles. The molecule has 0 aliphatic heterocycles. The molecule has 0 radical (unpaired) electrons. The molecule has 3 heteroatoms. The number of hydrogen-bond donors (Lipinski definition) is 0. The van der Waals surface area contributed by atoms with Crippen molar-refractivity contribution in [3.05, 3.63) is 58.7 Å². The second kappa shape index (κ2) is 6.65. The molecule has 0 bridgehead atoms. The number of halogens is 1. The quantitative estimate of drug-likeness (QED) is 0.696. The van der Waals surface area contributed by atoms with Crippen LogP contribution in [0.2, 0.25) is 0 Å². The van der Waals surface area contributed by atoms with Gasteiger partial charge in [-0.05, 0) is 47.7 Å². The zero-order valence-electron chi connectivity index (χ0n) is 12.5. The zero-order chi connectivity index (χ0) is 15.4. The molecular weight excluding hydrogens is 282 g/mol. The first kappa shape index (κ1) is 15.4. The smallest absolute Gasteiger partial charge is 0.145 e. The lowest BCUT2D eigenvalue weighted by molar-refractivity contribution is 0.476. The van der Waals surface area contributed by atoms with Gasteiger partial charge in [0.05, 0.1) is 5.56 Å². The highest BCUT2D eigenvalue weighted by Crippen LogP contribution is 2.31. The van der Waals surface area contributed by atoms with Crippen LogP contribution in [0.4, 0.5) is 0 Å². The molecule has 2 aromatic rings. The summed E-state index contributed by atoms with van der Waals surface area (Å²) in [6.45, 7) is 6.29. The number of nitrogens with zero attached hydrogens (tertiary/aromatic N) is 1. The van der Waals surface area contributed by atoms with Gasteiger partial charge in [0.2, 0.25) is 0 Å². The summed E-state index contributed by atoms with van der Waals surface area (Å²) in [7, 11) is 0. The normalized spacial score (nSPS) is 10.5. The lowest BCUT2D eigenvalue weighted by atomic mass is 10.0. The average molecular weight is 300 g/mol. The third-order valence-corrected chi connectivity index (χ3v) is 3.73. The van der Waals surface area contributed by atoms with E-state index < -0.39 is 0 Å². The fraction of sp³-hybridized carbons (Fsp3) is 0.278. The minimum atomic E-state index is 0.386. The van der Waals surface area contributed by atoms with Crippen molar-refractivity contribution in [2.75, 3.05) is 0 Å². The fourth-order valence-electron chi connectivity index (χ4n) is 2.04. The lowest BCUT2D eigenvalue weighted by Crippen LogP contribution is -1.94. The average Bonchev–Trinajstić information content (AvgIpc) is 2.49. The first-order chi connectivity index (χ1) is 10.0. The maximum atomic E-state index is 9.26. The van der Waals surface area contributed by atoms with E-state index in [0.717, 1.165) is 16.9 Å². The Morgan fingerprint density at radius 3 is 2.52 bits per heavy atom. The second-order valence-corrected chi connectivity index (χ2v) is 5.62. The first-order valence-electron chi connectivity index (χ1n) is 6.92. The van der Waals surface area contributed by atoms with Crippen molar-refractivity contribution in [3.8, 4) is 17.6 Å². The number of nitriles is 1. The summed E-state index contributed by atoms with van der Waals surface area (Å²) in [5.41, 5.74) is 3.67. The summed E-state index contributed by atoms with van der Waals surface area (Å²) in [6, 6.07) is 13.8. The van der Waals surface area contributed by atoms with Crippen LogP contribution in [-0.4, -0.2) is 0 Å². The maximum absolute atomic E-state index is 9.26. The molecule has 0 N–H and O–H groups in total. The van der Waals surface area contributed by atoms with Gasteiger partial charge < -0.3 is 4.74 Å². The van der Waals surface area contributed by atoms with Crippen LogP contribution in [0, 0.1) is 18.3 Å². The Labute approximate surface area is 130 Å². The van der Waals surface area contributed by atoms with Gasteiger partial charge in [0.15, 0.2) is 0 Å². The summed E-state index contributed by atoms with van der Waals surface area (Å²) < 4.78 is 5.96. The van der Waals surface area contributed by atoms with Crippen molar-refractivity contribution in [3.63, 3.8) is 0 Å². The summed E-state index contributed by atoms with van der Waals surface area (Å²) in [4.78, 5) is 0. The van der Waals surface area contributed by atoms with E-state index in [9.17, 15) is 5.26 Å². The predicted octanol–water partition coefficient (Wildman–Crippen LogP) is 5.52. The highest BCUT2D eigenvalue weighted by atomic mass is 35.5. The van der Waals surface area contributed by atoms with E-state index in [2.05, 4.69) is 26.0 Å². The largest absolute Gasteiger partial charge is 0.456 e. The summed E-state index contributed by atoms with van der Waals surface area (Å²) >= 11 is 5.80. The van der Waals surface area contributed by atoms with E-state index in [1.807, 2.05) is 25.1 Å². The second-order valence-electron chi connectivity index (χ2n) is 5.36. The summed E-state index contributed by atoms with van der Waals surface area (Å²) in [5.74, 6) is 2.17. The van der Waals surface area contributed by atoms with E-state index in [1.165, 1.54) is 5.56 Å².